The second-order valence-electron chi connectivity index (χ2n) is 15.4. The lowest BCUT2D eigenvalue weighted by atomic mass is 9.54. The highest BCUT2D eigenvalue weighted by atomic mass is 16.3. The van der Waals surface area contributed by atoms with Gasteiger partial charge in [-0.3, -0.25) is 14.7 Å². The summed E-state index contributed by atoms with van der Waals surface area (Å²) in [6.45, 7) is 6.44. The van der Waals surface area contributed by atoms with Crippen LogP contribution in [0.25, 0.3) is 27.4 Å². The molecule has 6 heterocycles. The molecule has 4 aliphatic heterocycles. The van der Waals surface area contributed by atoms with Crippen LogP contribution < -0.4 is 5.32 Å². The van der Waals surface area contributed by atoms with Crippen molar-refractivity contribution in [1.82, 2.24) is 19.8 Å². The van der Waals surface area contributed by atoms with Crippen LogP contribution in [-0.4, -0.2) is 74.6 Å². The van der Waals surface area contributed by atoms with E-state index >= 15 is 0 Å². The van der Waals surface area contributed by atoms with Crippen molar-refractivity contribution in [1.29, 1.82) is 0 Å². The number of amides is 1. The number of nitrogens with zero attached hydrogens (tertiary/aromatic N) is 3. The predicted octanol–water partition coefficient (Wildman–Crippen LogP) is 7.98. The number of aliphatic hydroxyl groups is 1. The molecule has 6 atom stereocenters. The number of fused-ring (bicyclic) bond motifs is 5. The predicted molar refractivity (Wildman–Crippen MR) is 196 cm³/mol. The molecule has 7 nitrogen and oxygen atoms in total. The molecule has 2 fully saturated rings. The zero-order chi connectivity index (χ0) is 32.7. The van der Waals surface area contributed by atoms with Crippen LogP contribution in [0.15, 0.2) is 60.8 Å². The number of H-pyrrole nitrogens is 1. The first-order chi connectivity index (χ1) is 23.5. The molecule has 3 aromatic rings. The molecule has 1 aromatic carbocycles. The largest absolute Gasteiger partial charge is 0.384 e. The van der Waals surface area contributed by atoms with Gasteiger partial charge in [-0.1, -0.05) is 37.6 Å². The SMILES string of the molecule is CCCCC(=O)Nc1ccc2[nH]c3c(C4=C[C@@]5(O)CC/C=C\CCCCN6CC[C@@H]4[C@]4(C[C@@H]7/C=C\CCCCN7[C@H]45)C6)nccc3c2c1. The Bertz CT molecular complexity index is 1760. The van der Waals surface area contributed by atoms with E-state index < -0.39 is 5.60 Å². The molecule has 3 bridgehead atoms. The number of nitrogens with one attached hydrogen (secondary N) is 2. The Morgan fingerprint density at radius 3 is 2.79 bits per heavy atom. The fourth-order valence-electron chi connectivity index (χ4n) is 10.3. The molecule has 1 amide bonds. The summed E-state index contributed by atoms with van der Waals surface area (Å²) in [6.07, 6.45) is 27.2. The Labute approximate surface area is 285 Å². The Balaban J connectivity index is 1.27. The van der Waals surface area contributed by atoms with E-state index in [1.807, 2.05) is 12.3 Å². The summed E-state index contributed by atoms with van der Waals surface area (Å²) in [5, 5.41) is 18.5. The third-order valence-electron chi connectivity index (χ3n) is 12.3. The van der Waals surface area contributed by atoms with Crippen molar-refractivity contribution >= 4 is 39.0 Å². The molecule has 1 unspecified atom stereocenters. The van der Waals surface area contributed by atoms with Crippen LogP contribution in [0.5, 0.6) is 0 Å². The van der Waals surface area contributed by atoms with E-state index in [0.717, 1.165) is 111 Å². The second-order valence-corrected chi connectivity index (χ2v) is 15.4. The quantitative estimate of drug-likeness (QED) is 0.245. The summed E-state index contributed by atoms with van der Waals surface area (Å²) >= 11 is 0. The topological polar surface area (TPSA) is 84.5 Å². The van der Waals surface area contributed by atoms with Crippen molar-refractivity contribution in [3.63, 3.8) is 0 Å². The molecule has 5 aliphatic rings. The minimum absolute atomic E-state index is 0.0556. The summed E-state index contributed by atoms with van der Waals surface area (Å²) < 4.78 is 0. The molecule has 1 aliphatic carbocycles. The highest BCUT2D eigenvalue weighted by Crippen LogP contribution is 2.61. The van der Waals surface area contributed by atoms with E-state index in [1.54, 1.807) is 0 Å². The Morgan fingerprint density at radius 2 is 1.90 bits per heavy atom. The van der Waals surface area contributed by atoms with E-state index in [1.165, 1.54) is 31.3 Å². The van der Waals surface area contributed by atoms with Gasteiger partial charge in [0.2, 0.25) is 5.91 Å². The zero-order valence-corrected chi connectivity index (χ0v) is 28.7. The lowest BCUT2D eigenvalue weighted by molar-refractivity contribution is -0.116. The number of carbonyl (C=O) groups excluding carboxylic acids is 1. The summed E-state index contributed by atoms with van der Waals surface area (Å²) in [4.78, 5) is 26.9. The van der Waals surface area contributed by atoms with Gasteiger partial charge in [0.1, 0.15) is 0 Å². The smallest absolute Gasteiger partial charge is 0.224 e. The van der Waals surface area contributed by atoms with Crippen molar-refractivity contribution < 1.29 is 9.90 Å². The van der Waals surface area contributed by atoms with Gasteiger partial charge in [0, 0.05) is 52.6 Å². The Kier molecular flexibility index (Phi) is 8.81. The number of aromatic nitrogens is 2. The van der Waals surface area contributed by atoms with Crippen LogP contribution in [0.3, 0.4) is 0 Å². The fraction of sp³-hybridized carbons (Fsp3) is 0.561. The second kappa shape index (κ2) is 13.2. The molecular formula is C41H53N5O2. The number of aromatic amines is 1. The monoisotopic (exact) mass is 647 g/mol. The van der Waals surface area contributed by atoms with E-state index in [9.17, 15) is 9.90 Å². The highest BCUT2D eigenvalue weighted by molar-refractivity contribution is 6.11. The molecular weight excluding hydrogens is 594 g/mol. The number of rotatable bonds is 5. The maximum absolute atomic E-state index is 13.2. The number of benzene rings is 1. The lowest BCUT2D eigenvalue weighted by Gasteiger charge is -2.58. The summed E-state index contributed by atoms with van der Waals surface area (Å²) in [7, 11) is 0. The Morgan fingerprint density at radius 1 is 1.04 bits per heavy atom. The number of hydrogen-bond acceptors (Lipinski definition) is 5. The number of hydrogen-bond donors (Lipinski definition) is 3. The van der Waals surface area contributed by atoms with Gasteiger partial charge in [-0.15, -0.1) is 0 Å². The van der Waals surface area contributed by atoms with Gasteiger partial charge < -0.3 is 20.3 Å². The van der Waals surface area contributed by atoms with E-state index in [-0.39, 0.29) is 17.4 Å². The third kappa shape index (κ3) is 5.66. The van der Waals surface area contributed by atoms with Crippen LogP contribution in [-0.2, 0) is 4.79 Å². The highest BCUT2D eigenvalue weighted by Gasteiger charge is 2.65. The van der Waals surface area contributed by atoms with Gasteiger partial charge in [0.15, 0.2) is 0 Å². The first-order valence-corrected chi connectivity index (χ1v) is 18.9. The van der Waals surface area contributed by atoms with Gasteiger partial charge in [-0.25, -0.2) is 0 Å². The molecule has 3 N–H and O–H groups in total. The summed E-state index contributed by atoms with van der Waals surface area (Å²) in [5.74, 6) is 0.384. The standard InChI is InChI=1S/C41H53N5O2/c1-2-3-15-36(47)43-29-16-17-35-32(25-29)31-18-21-42-37(38(31)44-35)33-27-41(48)20-11-7-4-5-8-12-22-45-24-19-34(33)40(28-45)26-30-14-10-6-9-13-23-46(30)39(40)41/h4,7,10,14,16-18,21,25,27,30,34,39,44,48H,2-3,5-6,8-9,11-13,15,19-20,22-24,26,28H2,1H3,(H,43,47)/b7-4-,14-10-/t30-,34-,39+,40-,41-/m0/s1. The maximum atomic E-state index is 13.2. The fourth-order valence-corrected chi connectivity index (χ4v) is 10.3. The van der Waals surface area contributed by atoms with Crippen molar-refractivity contribution in [3.8, 4) is 0 Å². The molecule has 0 radical (unpaired) electrons. The van der Waals surface area contributed by atoms with Crippen LogP contribution in [0.1, 0.15) is 96.1 Å². The van der Waals surface area contributed by atoms with Crippen molar-refractivity contribution in [2.45, 2.75) is 108 Å². The van der Waals surface area contributed by atoms with Gasteiger partial charge >= 0.3 is 0 Å². The minimum atomic E-state index is -0.958. The van der Waals surface area contributed by atoms with Crippen molar-refractivity contribution in [2.75, 3.05) is 31.5 Å². The van der Waals surface area contributed by atoms with Crippen molar-refractivity contribution in [3.05, 3.63) is 66.5 Å². The van der Waals surface area contributed by atoms with E-state index in [2.05, 4.69) is 75.6 Å². The van der Waals surface area contributed by atoms with E-state index in [4.69, 9.17) is 4.98 Å². The number of allylic oxidation sites excluding steroid dienone is 4. The number of unbranched alkanes of at least 4 members (excludes halogenated alkanes) is 1. The molecule has 254 valence electrons. The van der Waals surface area contributed by atoms with Gasteiger partial charge in [0.05, 0.1) is 22.9 Å². The van der Waals surface area contributed by atoms with Crippen molar-refractivity contribution in [2.24, 2.45) is 11.3 Å². The molecule has 1 spiro atoms. The third-order valence-corrected chi connectivity index (χ3v) is 12.3. The molecule has 7 heteroatoms. The van der Waals surface area contributed by atoms with Crippen LogP contribution in [0, 0.1) is 11.3 Å². The molecule has 2 aromatic heterocycles. The normalized spacial score (nSPS) is 33.8. The summed E-state index contributed by atoms with van der Waals surface area (Å²) in [5.41, 5.74) is 4.11. The van der Waals surface area contributed by atoms with Crippen LogP contribution in [0.4, 0.5) is 5.69 Å². The first kappa shape index (κ1) is 32.0. The number of pyridine rings is 1. The summed E-state index contributed by atoms with van der Waals surface area (Å²) in [6, 6.07) is 8.73. The Hall–Kier alpha value is -3.26. The lowest BCUT2D eigenvalue weighted by Crippen LogP contribution is -2.65. The maximum Gasteiger partial charge on any atom is 0.224 e. The van der Waals surface area contributed by atoms with E-state index in [0.29, 0.717) is 18.4 Å². The van der Waals surface area contributed by atoms with Gasteiger partial charge in [-0.05, 0) is 132 Å². The molecule has 48 heavy (non-hydrogen) atoms. The van der Waals surface area contributed by atoms with Crippen LogP contribution in [0.2, 0.25) is 0 Å². The minimum Gasteiger partial charge on any atom is -0.384 e. The number of piperidine rings is 1. The molecule has 0 saturated carbocycles. The zero-order valence-electron chi connectivity index (χ0n) is 28.7. The molecule has 2 saturated heterocycles. The van der Waals surface area contributed by atoms with Crippen LogP contribution >= 0.6 is 0 Å². The molecule has 8 rings (SSSR count). The average molecular weight is 648 g/mol. The first-order valence-electron chi connectivity index (χ1n) is 18.9. The van der Waals surface area contributed by atoms with Gasteiger partial charge in [-0.2, -0.15) is 0 Å². The number of carbonyl (C=O) groups is 1. The number of anilines is 1. The average Bonchev–Trinajstić information content (AvgIpc) is 3.59. The van der Waals surface area contributed by atoms with Gasteiger partial charge in [0.25, 0.3) is 0 Å².